The van der Waals surface area contributed by atoms with E-state index in [0.717, 1.165) is 48.1 Å². The number of ether oxygens (including phenoxy) is 3. The number of aliphatic hydroxyl groups is 1. The van der Waals surface area contributed by atoms with E-state index in [9.17, 15) is 19.5 Å². The van der Waals surface area contributed by atoms with Gasteiger partial charge in [-0.2, -0.15) is 5.10 Å². The second-order valence-electron chi connectivity index (χ2n) is 15.4. The van der Waals surface area contributed by atoms with Crippen molar-refractivity contribution >= 4 is 51.9 Å². The Labute approximate surface area is 355 Å². The summed E-state index contributed by atoms with van der Waals surface area (Å²) in [5.74, 6) is -3.26. The number of urea groups is 1. The molecule has 3 aliphatic heterocycles. The number of piperidine rings is 1. The number of anilines is 2. The second kappa shape index (κ2) is 17.3. The van der Waals surface area contributed by atoms with E-state index < -0.39 is 40.1 Å². The van der Waals surface area contributed by atoms with Crippen LogP contribution in [0, 0.1) is 11.6 Å². The third-order valence-corrected chi connectivity index (χ3v) is 12.2. The van der Waals surface area contributed by atoms with E-state index in [1.165, 1.54) is 23.1 Å². The van der Waals surface area contributed by atoms with Crippen LogP contribution in [0.1, 0.15) is 53.6 Å². The summed E-state index contributed by atoms with van der Waals surface area (Å²) in [6.45, 7) is 4.15. The highest BCUT2D eigenvalue weighted by atomic mass is 35.5. The lowest BCUT2D eigenvalue weighted by Crippen LogP contribution is -2.49. The van der Waals surface area contributed by atoms with Gasteiger partial charge in [0.05, 0.1) is 41.1 Å². The average Bonchev–Trinajstić information content (AvgIpc) is 3.74. The molecule has 3 aliphatic rings. The van der Waals surface area contributed by atoms with Gasteiger partial charge in [-0.15, -0.1) is 0 Å². The number of halogens is 3. The summed E-state index contributed by atoms with van der Waals surface area (Å²) >= 11 is 6.66. The van der Waals surface area contributed by atoms with Crippen molar-refractivity contribution in [1.29, 1.82) is 0 Å². The van der Waals surface area contributed by atoms with Gasteiger partial charge in [-0.3, -0.25) is 24.5 Å². The van der Waals surface area contributed by atoms with Gasteiger partial charge in [-0.25, -0.2) is 13.6 Å². The number of primary amides is 1. The third-order valence-electron chi connectivity index (χ3n) is 11.8. The number of nitrogens with two attached hydrogens (primary N) is 1. The van der Waals surface area contributed by atoms with Crippen LogP contribution < -0.4 is 35.6 Å². The molecule has 2 fully saturated rings. The summed E-state index contributed by atoms with van der Waals surface area (Å²) in [6.07, 6.45) is 1.79. The van der Waals surface area contributed by atoms with E-state index in [4.69, 9.17) is 31.5 Å². The SMILES string of the molecule is C[C@H]1c2c(cc(F)c(Cl)c2-c2c(C(N)=O)ccc(OCCO)c2F)O[C@]1(CNCCOC1CCN(c2cccc3c(N4CCC(=O)NC4=O)nn(C)c23)CC1)c1ccccc1. The fourth-order valence-electron chi connectivity index (χ4n) is 8.84. The van der Waals surface area contributed by atoms with E-state index in [1.807, 2.05) is 56.4 Å². The first kappa shape index (κ1) is 41.9. The Morgan fingerprint density at radius 1 is 1.07 bits per heavy atom. The Morgan fingerprint density at radius 2 is 1.84 bits per heavy atom. The number of hydrogen-bond donors (Lipinski definition) is 4. The standard InChI is InChI=1S/C44H46ClF2N7O7/c1-25-35-33(23-30(46)38(45)37(35)36-28(41(48)57)11-12-32(39(36)47)60-22-20-55)61-44(25,26-7-4-3-5-8-26)24-49-16-21-59-27-13-17-53(18-14-27)31-10-6-9-29-40(31)52(2)51-42(29)54-19-15-34(56)50-43(54)58/h3-12,23,25,27,49,55H,13-22,24H2,1-2H3,(H2,48,57)(H,50,56,58)/t25-,44-/m0/s1. The molecule has 14 nitrogen and oxygen atoms in total. The number of aromatic nitrogens is 2. The molecule has 8 rings (SSSR count). The number of nitrogens with zero attached hydrogens (tertiary/aromatic N) is 4. The van der Waals surface area contributed by atoms with Crippen molar-refractivity contribution in [2.45, 2.75) is 43.8 Å². The maximum absolute atomic E-state index is 16.3. The van der Waals surface area contributed by atoms with Gasteiger partial charge in [-0.1, -0.05) is 54.9 Å². The largest absolute Gasteiger partial charge is 0.488 e. The molecule has 4 amide bonds. The molecule has 17 heteroatoms. The Kier molecular flexibility index (Phi) is 11.9. The molecule has 0 unspecified atom stereocenters. The number of aliphatic hydroxyl groups excluding tert-OH is 1. The molecule has 2 atom stereocenters. The van der Waals surface area contributed by atoms with Crippen molar-refractivity contribution in [3.63, 3.8) is 0 Å². The summed E-state index contributed by atoms with van der Waals surface area (Å²) < 4.78 is 52.3. The van der Waals surface area contributed by atoms with Crippen molar-refractivity contribution in [3.05, 3.63) is 100 Å². The van der Waals surface area contributed by atoms with Crippen LogP contribution in [-0.4, -0.2) is 91.4 Å². The van der Waals surface area contributed by atoms with Crippen LogP contribution in [0.5, 0.6) is 11.5 Å². The summed E-state index contributed by atoms with van der Waals surface area (Å²) in [7, 11) is 1.85. The maximum Gasteiger partial charge on any atom is 0.329 e. The molecular formula is C44H46ClF2N7O7. The lowest BCUT2D eigenvalue weighted by molar-refractivity contribution is -0.120. The molecule has 0 bridgehead atoms. The van der Waals surface area contributed by atoms with Gasteiger partial charge >= 0.3 is 6.03 Å². The molecule has 61 heavy (non-hydrogen) atoms. The molecule has 0 radical (unpaired) electrons. The Morgan fingerprint density at radius 3 is 2.56 bits per heavy atom. The first-order valence-corrected chi connectivity index (χ1v) is 20.6. The number of nitrogens with one attached hydrogen (secondary N) is 2. The zero-order valence-electron chi connectivity index (χ0n) is 33.7. The van der Waals surface area contributed by atoms with Gasteiger partial charge in [0.2, 0.25) is 11.8 Å². The molecule has 0 aliphatic carbocycles. The zero-order chi connectivity index (χ0) is 43.0. The van der Waals surface area contributed by atoms with E-state index >= 15 is 8.78 Å². The van der Waals surface area contributed by atoms with Crippen molar-refractivity contribution in [2.75, 3.05) is 62.3 Å². The van der Waals surface area contributed by atoms with Crippen LogP contribution in [0.2, 0.25) is 5.02 Å². The van der Waals surface area contributed by atoms with Crippen LogP contribution in [-0.2, 0) is 22.2 Å². The monoisotopic (exact) mass is 857 g/mol. The summed E-state index contributed by atoms with van der Waals surface area (Å²) in [6, 6.07) is 18.6. The van der Waals surface area contributed by atoms with Crippen LogP contribution in [0.15, 0.2) is 66.7 Å². The molecule has 320 valence electrons. The van der Waals surface area contributed by atoms with Crippen molar-refractivity contribution < 1.29 is 42.5 Å². The smallest absolute Gasteiger partial charge is 0.329 e. The van der Waals surface area contributed by atoms with Gasteiger partial charge in [0, 0.05) is 80.3 Å². The van der Waals surface area contributed by atoms with E-state index in [2.05, 4.69) is 26.7 Å². The Bertz CT molecular complexity index is 2500. The van der Waals surface area contributed by atoms with Crippen molar-refractivity contribution in [1.82, 2.24) is 20.4 Å². The summed E-state index contributed by atoms with van der Waals surface area (Å²) in [4.78, 5) is 40.9. The highest BCUT2D eigenvalue weighted by Crippen LogP contribution is 2.56. The molecule has 5 N–H and O–H groups in total. The quantitative estimate of drug-likeness (QED) is 0.101. The maximum atomic E-state index is 16.3. The summed E-state index contributed by atoms with van der Waals surface area (Å²) in [5, 5.41) is 20.3. The second-order valence-corrected chi connectivity index (χ2v) is 15.8. The molecule has 4 heterocycles. The molecule has 2 saturated heterocycles. The van der Waals surface area contributed by atoms with Crippen LogP contribution in [0.4, 0.5) is 25.1 Å². The van der Waals surface area contributed by atoms with Crippen molar-refractivity contribution in [2.24, 2.45) is 12.8 Å². The number of amides is 4. The first-order valence-electron chi connectivity index (χ1n) is 20.2. The lowest BCUT2D eigenvalue weighted by Gasteiger charge is -2.35. The number of benzene rings is 4. The van der Waals surface area contributed by atoms with Gasteiger partial charge in [0.15, 0.2) is 23.0 Å². The number of hydrogen-bond acceptors (Lipinski definition) is 10. The first-order chi connectivity index (χ1) is 29.4. The van der Waals surface area contributed by atoms with Gasteiger partial charge in [-0.05, 0) is 42.7 Å². The van der Waals surface area contributed by atoms with E-state index in [1.54, 1.807) is 4.68 Å². The normalized spacial score (nSPS) is 19.3. The van der Waals surface area contributed by atoms with Gasteiger partial charge in [0.25, 0.3) is 0 Å². The molecular weight excluding hydrogens is 812 g/mol. The number of carbonyl (C=O) groups is 3. The zero-order valence-corrected chi connectivity index (χ0v) is 34.4. The molecule has 1 aromatic heterocycles. The van der Waals surface area contributed by atoms with Crippen molar-refractivity contribution in [3.8, 4) is 22.6 Å². The number of fused-ring (bicyclic) bond motifs is 2. The number of rotatable bonds is 14. The topological polar surface area (TPSA) is 174 Å². The fourth-order valence-corrected chi connectivity index (χ4v) is 9.09. The molecule has 4 aromatic carbocycles. The number of aryl methyl sites for hydroxylation is 1. The predicted octanol–water partition coefficient (Wildman–Crippen LogP) is 5.75. The van der Waals surface area contributed by atoms with Crippen LogP contribution in [0.3, 0.4) is 0 Å². The van der Waals surface area contributed by atoms with Gasteiger partial charge in [0.1, 0.15) is 18.2 Å². The number of para-hydroxylation sites is 1. The molecule has 5 aromatic rings. The van der Waals surface area contributed by atoms with E-state index in [0.29, 0.717) is 24.5 Å². The minimum Gasteiger partial charge on any atom is -0.488 e. The Hall–Kier alpha value is -5.81. The third kappa shape index (κ3) is 7.73. The highest BCUT2D eigenvalue weighted by Gasteiger charge is 2.50. The summed E-state index contributed by atoms with van der Waals surface area (Å²) in [5.41, 5.74) is 7.08. The van der Waals surface area contributed by atoms with Crippen LogP contribution in [0.25, 0.3) is 22.0 Å². The van der Waals surface area contributed by atoms with E-state index in [-0.39, 0.29) is 72.9 Å². The molecule has 0 saturated carbocycles. The minimum atomic E-state index is -1.11. The number of imide groups is 1. The lowest BCUT2D eigenvalue weighted by atomic mass is 9.77. The minimum absolute atomic E-state index is 0.0158. The predicted molar refractivity (Wildman–Crippen MR) is 225 cm³/mol. The average molecular weight is 858 g/mol. The number of carbonyl (C=O) groups excluding carboxylic acids is 3. The van der Waals surface area contributed by atoms with Gasteiger partial charge < -0.3 is 35.3 Å². The van der Waals surface area contributed by atoms with Crippen LogP contribution >= 0.6 is 11.6 Å². The fraction of sp³-hybridized carbons (Fsp3) is 0.364. The molecule has 0 spiro atoms. The Balaban J connectivity index is 0.960. The highest BCUT2D eigenvalue weighted by molar-refractivity contribution is 6.34.